The summed E-state index contributed by atoms with van der Waals surface area (Å²) in [5, 5.41) is 0. The fourth-order valence-corrected chi connectivity index (χ4v) is 2.96. The number of hydrogen-bond donors (Lipinski definition) is 0. The molecule has 2 fully saturated rings. The molecule has 0 aliphatic carbocycles. The van der Waals surface area contributed by atoms with E-state index in [0.29, 0.717) is 0 Å². The first-order chi connectivity index (χ1) is 7.60. The van der Waals surface area contributed by atoms with E-state index >= 15 is 0 Å². The largest absolute Gasteiger partial charge is 0.469 e. The summed E-state index contributed by atoms with van der Waals surface area (Å²) in [6.45, 7) is 1.78. The van der Waals surface area contributed by atoms with Gasteiger partial charge < -0.3 is 14.2 Å². The van der Waals surface area contributed by atoms with Crippen molar-refractivity contribution in [1.29, 1.82) is 0 Å². The molecule has 0 aromatic carbocycles. The molecule has 16 heavy (non-hydrogen) atoms. The van der Waals surface area contributed by atoms with Crippen LogP contribution in [0.5, 0.6) is 0 Å². The van der Waals surface area contributed by atoms with Gasteiger partial charge in [-0.2, -0.15) is 0 Å². The summed E-state index contributed by atoms with van der Waals surface area (Å²) in [7, 11) is 1.31. The van der Waals surface area contributed by atoms with Crippen molar-refractivity contribution in [3.8, 4) is 0 Å². The molecule has 3 heterocycles. The van der Waals surface area contributed by atoms with Gasteiger partial charge in [0.2, 0.25) is 0 Å². The molecule has 0 saturated carbocycles. The number of carbonyl (C=O) groups is 2. The minimum Gasteiger partial charge on any atom is -0.469 e. The Kier molecular flexibility index (Phi) is 1.75. The van der Waals surface area contributed by atoms with Gasteiger partial charge in [0.25, 0.3) is 0 Å². The van der Waals surface area contributed by atoms with Crippen LogP contribution < -0.4 is 0 Å². The zero-order valence-electron chi connectivity index (χ0n) is 9.01. The predicted molar refractivity (Wildman–Crippen MR) is 51.3 cm³/mol. The molecule has 0 aromatic heterocycles. The quantitative estimate of drug-likeness (QED) is 0.465. The van der Waals surface area contributed by atoms with Crippen LogP contribution in [-0.2, 0) is 23.8 Å². The van der Waals surface area contributed by atoms with Crippen molar-refractivity contribution in [2.75, 3.05) is 7.11 Å². The maximum atomic E-state index is 11.7. The fourth-order valence-electron chi connectivity index (χ4n) is 2.96. The van der Waals surface area contributed by atoms with Crippen LogP contribution >= 0.6 is 0 Å². The summed E-state index contributed by atoms with van der Waals surface area (Å²) in [6.07, 6.45) is 2.96. The molecule has 5 heteroatoms. The van der Waals surface area contributed by atoms with Gasteiger partial charge in [-0.15, -0.1) is 0 Å². The second-order valence-corrected chi connectivity index (χ2v) is 4.40. The Hall–Kier alpha value is -1.36. The van der Waals surface area contributed by atoms with Gasteiger partial charge >= 0.3 is 11.9 Å². The number of esters is 2. The molecule has 2 bridgehead atoms. The number of hydrogen-bond acceptors (Lipinski definition) is 5. The third-order valence-corrected chi connectivity index (χ3v) is 3.74. The Labute approximate surface area is 92.3 Å². The Morgan fingerprint density at radius 2 is 2.31 bits per heavy atom. The minimum atomic E-state index is -0.749. The highest BCUT2D eigenvalue weighted by molar-refractivity contribution is 5.87. The molecule has 1 unspecified atom stereocenters. The summed E-state index contributed by atoms with van der Waals surface area (Å²) in [5.41, 5.74) is -0.749. The van der Waals surface area contributed by atoms with Gasteiger partial charge in [0, 0.05) is 0 Å². The molecule has 3 rings (SSSR count). The summed E-state index contributed by atoms with van der Waals surface area (Å²) in [4.78, 5) is 23.4. The standard InChI is InChI=1S/C11H12O5/c1-5-11-4-3-6(16-11)7(9(12)14-2)8(11)10(13)15-5/h3-8H,1-2H3/t5?,6-,7+,8+,11-/m0/s1. The van der Waals surface area contributed by atoms with Gasteiger partial charge in [0.05, 0.1) is 13.2 Å². The normalized spacial score (nSPS) is 48.0. The highest BCUT2D eigenvalue weighted by atomic mass is 16.6. The van der Waals surface area contributed by atoms with Crippen molar-refractivity contribution in [1.82, 2.24) is 0 Å². The van der Waals surface area contributed by atoms with E-state index in [2.05, 4.69) is 0 Å². The van der Waals surface area contributed by atoms with Gasteiger partial charge in [-0.1, -0.05) is 6.08 Å². The lowest BCUT2D eigenvalue weighted by Gasteiger charge is -2.24. The number of methoxy groups -OCH3 is 1. The maximum absolute atomic E-state index is 11.7. The van der Waals surface area contributed by atoms with Crippen molar-refractivity contribution in [2.24, 2.45) is 11.8 Å². The average molecular weight is 224 g/mol. The first-order valence-electron chi connectivity index (χ1n) is 5.25. The zero-order valence-corrected chi connectivity index (χ0v) is 9.01. The van der Waals surface area contributed by atoms with Crippen molar-refractivity contribution in [3.05, 3.63) is 12.2 Å². The zero-order chi connectivity index (χ0) is 11.5. The van der Waals surface area contributed by atoms with Crippen LogP contribution in [0.15, 0.2) is 12.2 Å². The third kappa shape index (κ3) is 0.899. The lowest BCUT2D eigenvalue weighted by molar-refractivity contribution is -0.156. The lowest BCUT2D eigenvalue weighted by Crippen LogP contribution is -2.41. The first kappa shape index (κ1) is 9.84. The van der Waals surface area contributed by atoms with Crippen LogP contribution in [0.3, 0.4) is 0 Å². The molecular formula is C11H12O5. The van der Waals surface area contributed by atoms with Crippen molar-refractivity contribution in [2.45, 2.75) is 24.7 Å². The van der Waals surface area contributed by atoms with E-state index in [-0.39, 0.29) is 18.2 Å². The van der Waals surface area contributed by atoms with E-state index in [1.54, 1.807) is 6.92 Å². The summed E-state index contributed by atoms with van der Waals surface area (Å²) in [5.74, 6) is -1.89. The molecule has 5 atom stereocenters. The molecular weight excluding hydrogens is 212 g/mol. The second kappa shape index (κ2) is 2.85. The highest BCUT2D eigenvalue weighted by Gasteiger charge is 2.69. The third-order valence-electron chi connectivity index (χ3n) is 3.74. The molecule has 3 aliphatic rings. The predicted octanol–water partition coefficient (Wildman–Crippen LogP) is 0.0445. The van der Waals surface area contributed by atoms with E-state index in [4.69, 9.17) is 14.2 Å². The number of rotatable bonds is 1. The molecule has 86 valence electrons. The van der Waals surface area contributed by atoms with E-state index in [1.165, 1.54) is 7.11 Å². The molecule has 3 aliphatic heterocycles. The monoisotopic (exact) mass is 224 g/mol. The summed E-state index contributed by atoms with van der Waals surface area (Å²) in [6, 6.07) is 0. The Morgan fingerprint density at radius 1 is 1.56 bits per heavy atom. The van der Waals surface area contributed by atoms with E-state index in [0.717, 1.165) is 0 Å². The summed E-state index contributed by atoms with van der Waals surface area (Å²) < 4.78 is 15.6. The molecule has 2 saturated heterocycles. The van der Waals surface area contributed by atoms with Crippen LogP contribution in [0.25, 0.3) is 0 Å². The van der Waals surface area contributed by atoms with Crippen molar-refractivity contribution < 1.29 is 23.8 Å². The molecule has 0 N–H and O–H groups in total. The first-order valence-corrected chi connectivity index (χ1v) is 5.25. The Bertz CT molecular complexity index is 401. The number of cyclic esters (lactones) is 1. The summed E-state index contributed by atoms with van der Waals surface area (Å²) >= 11 is 0. The van der Waals surface area contributed by atoms with E-state index in [9.17, 15) is 9.59 Å². The topological polar surface area (TPSA) is 61.8 Å². The van der Waals surface area contributed by atoms with Gasteiger partial charge in [0.15, 0.2) is 0 Å². The lowest BCUT2D eigenvalue weighted by atomic mass is 9.75. The average Bonchev–Trinajstić information content (AvgIpc) is 2.89. The minimum absolute atomic E-state index is 0.346. The fraction of sp³-hybridized carbons (Fsp3) is 0.636. The van der Waals surface area contributed by atoms with Crippen molar-refractivity contribution in [3.63, 3.8) is 0 Å². The van der Waals surface area contributed by atoms with Crippen LogP contribution in [-0.4, -0.2) is 36.9 Å². The maximum Gasteiger partial charge on any atom is 0.313 e. The Balaban J connectivity index is 2.05. The van der Waals surface area contributed by atoms with Crippen molar-refractivity contribution >= 4 is 11.9 Å². The smallest absolute Gasteiger partial charge is 0.313 e. The van der Waals surface area contributed by atoms with Crippen LogP contribution in [0, 0.1) is 11.8 Å². The van der Waals surface area contributed by atoms with Gasteiger partial charge in [-0.25, -0.2) is 0 Å². The van der Waals surface area contributed by atoms with E-state index < -0.39 is 23.4 Å². The SMILES string of the molecule is COC(=O)[C@@H]1[C@@H]2C=C[C@]3(O2)C(C)OC(=O)[C@@H]13. The number of fused-ring (bicyclic) bond motifs is 1. The van der Waals surface area contributed by atoms with Crippen LogP contribution in [0.4, 0.5) is 0 Å². The molecule has 5 nitrogen and oxygen atoms in total. The van der Waals surface area contributed by atoms with E-state index in [1.807, 2.05) is 12.2 Å². The van der Waals surface area contributed by atoms with Gasteiger partial charge in [0.1, 0.15) is 23.5 Å². The second-order valence-electron chi connectivity index (χ2n) is 4.40. The molecule has 0 radical (unpaired) electrons. The number of ether oxygens (including phenoxy) is 3. The van der Waals surface area contributed by atoms with Crippen LogP contribution in [0.1, 0.15) is 6.92 Å². The van der Waals surface area contributed by atoms with Crippen LogP contribution in [0.2, 0.25) is 0 Å². The van der Waals surface area contributed by atoms with Gasteiger partial charge in [-0.05, 0) is 13.0 Å². The molecule has 0 aromatic rings. The molecule has 1 spiro atoms. The Morgan fingerprint density at radius 3 is 3.00 bits per heavy atom. The highest BCUT2D eigenvalue weighted by Crippen LogP contribution is 2.53. The molecule has 0 amide bonds. The van der Waals surface area contributed by atoms with Gasteiger partial charge in [-0.3, -0.25) is 9.59 Å². The number of carbonyl (C=O) groups excluding carboxylic acids is 2.